The Bertz CT molecular complexity index is 50.5. The number of hydrogen-bond acceptors (Lipinski definition) is 2. The number of rotatable bonds is 1. The predicted molar refractivity (Wildman–Crippen MR) is 33.3 cm³/mol. The summed E-state index contributed by atoms with van der Waals surface area (Å²) in [7, 11) is 0. The van der Waals surface area contributed by atoms with Crippen molar-refractivity contribution in [1.82, 2.24) is 0 Å². The highest BCUT2D eigenvalue weighted by Crippen LogP contribution is 1.69. The lowest BCUT2D eigenvalue weighted by Crippen LogP contribution is -1.95. The van der Waals surface area contributed by atoms with Gasteiger partial charge < -0.3 is 4.74 Å². The van der Waals surface area contributed by atoms with Crippen LogP contribution in [0.2, 0.25) is 0 Å². The Morgan fingerprint density at radius 1 is 1.62 bits per heavy atom. The molecule has 0 aromatic carbocycles. The molecule has 0 aromatic heterocycles. The average molecular weight is 117 g/mol. The minimum Gasteiger partial charge on any atom is -0.466 e. The van der Waals surface area contributed by atoms with Gasteiger partial charge in [0.25, 0.3) is 0 Å². The van der Waals surface area contributed by atoms with Crippen LogP contribution in [0.5, 0.6) is 0 Å². The number of esters is 1. The van der Waals surface area contributed by atoms with E-state index in [1.165, 1.54) is 6.92 Å². The first kappa shape index (κ1) is 10.5. The van der Waals surface area contributed by atoms with Crippen LogP contribution >= 0.6 is 0 Å². The molecule has 0 saturated heterocycles. The van der Waals surface area contributed by atoms with Crippen molar-refractivity contribution in [1.29, 1.82) is 0 Å². The summed E-state index contributed by atoms with van der Waals surface area (Å²) in [6, 6.07) is 0. The fraction of sp³-hybridized carbons (Fsp3) is 0.667. The Balaban J connectivity index is 0. The topological polar surface area (TPSA) is 26.3 Å². The van der Waals surface area contributed by atoms with E-state index in [1.807, 2.05) is 0 Å². The molecule has 0 N–H and O–H groups in total. The number of carbonyl (C=O) groups is 1. The van der Waals surface area contributed by atoms with Gasteiger partial charge in [-0.2, -0.15) is 0 Å². The lowest BCUT2D eigenvalue weighted by molar-refractivity contribution is -0.140. The third-order valence-electron chi connectivity index (χ3n) is 0.348. The van der Waals surface area contributed by atoms with Gasteiger partial charge in [-0.15, -0.1) is 0 Å². The normalized spacial score (nSPS) is 6.50. The highest BCUT2D eigenvalue weighted by Gasteiger charge is 1.81. The summed E-state index contributed by atoms with van der Waals surface area (Å²) < 4.78 is 4.40. The molecular weight excluding hydrogens is 104 g/mol. The number of carbonyl (C=O) groups excluding carboxylic acids is 1. The number of hydrogen-bond donors (Lipinski definition) is 0. The maximum atomic E-state index is 9.82. The Labute approximate surface area is 50.8 Å². The summed E-state index contributed by atoms with van der Waals surface area (Å²) in [5, 5.41) is 0. The van der Waals surface area contributed by atoms with Gasteiger partial charge >= 0.3 is 5.97 Å². The maximum absolute atomic E-state index is 9.82. The molecule has 0 rings (SSSR count). The monoisotopic (exact) mass is 117 g/mol. The minimum absolute atomic E-state index is 0.211. The molecule has 0 atom stereocenters. The minimum atomic E-state index is -0.211. The molecule has 2 heteroatoms. The van der Waals surface area contributed by atoms with Gasteiger partial charge in [0.05, 0.1) is 6.61 Å². The predicted octanol–water partition coefficient (Wildman–Crippen LogP) is 1.41. The smallest absolute Gasteiger partial charge is 0.302 e. The number of ether oxygens (including phenoxy) is 1. The largest absolute Gasteiger partial charge is 0.466 e. The quantitative estimate of drug-likeness (QED) is 0.485. The highest BCUT2D eigenvalue weighted by atomic mass is 16.5. The molecule has 0 fully saturated rings. The second-order valence-electron chi connectivity index (χ2n) is 0.925. The van der Waals surface area contributed by atoms with Crippen LogP contribution in [0, 0.1) is 6.92 Å². The molecule has 0 amide bonds. The van der Waals surface area contributed by atoms with Gasteiger partial charge in [-0.3, -0.25) is 4.79 Å². The van der Waals surface area contributed by atoms with E-state index in [2.05, 4.69) is 11.7 Å². The summed E-state index contributed by atoms with van der Waals surface area (Å²) in [4.78, 5) is 9.82. The summed E-state index contributed by atoms with van der Waals surface area (Å²) in [5.41, 5.74) is 0. The second-order valence-corrected chi connectivity index (χ2v) is 0.925. The van der Waals surface area contributed by atoms with Gasteiger partial charge in [-0.05, 0) is 6.92 Å². The van der Waals surface area contributed by atoms with E-state index in [4.69, 9.17) is 0 Å². The molecule has 8 heavy (non-hydrogen) atoms. The van der Waals surface area contributed by atoms with Crippen molar-refractivity contribution in [3.8, 4) is 0 Å². The second kappa shape index (κ2) is 9.69. The zero-order valence-corrected chi connectivity index (χ0v) is 5.73. The third-order valence-corrected chi connectivity index (χ3v) is 0.348. The molecule has 1 radical (unpaired) electrons. The standard InChI is InChI=1S/C4H8O2.C2H5/c1-3-6-4(2)5;1-2/h3H2,1-2H3;1H2,2H3. The van der Waals surface area contributed by atoms with Crippen molar-refractivity contribution in [3.05, 3.63) is 6.92 Å². The third kappa shape index (κ3) is 17.9. The fourth-order valence-corrected chi connectivity index (χ4v) is 0.203. The van der Waals surface area contributed by atoms with Crippen molar-refractivity contribution in [2.75, 3.05) is 6.61 Å². The van der Waals surface area contributed by atoms with Crippen LogP contribution in [0.15, 0.2) is 0 Å². The molecular formula is C6H13O2. The van der Waals surface area contributed by atoms with Crippen LogP contribution in [-0.2, 0) is 9.53 Å². The highest BCUT2D eigenvalue weighted by molar-refractivity contribution is 5.65. The Morgan fingerprint density at radius 2 is 2.00 bits per heavy atom. The summed E-state index contributed by atoms with van der Waals surface area (Å²) in [5.74, 6) is -0.211. The van der Waals surface area contributed by atoms with Crippen molar-refractivity contribution < 1.29 is 9.53 Å². The molecule has 0 unspecified atom stereocenters. The van der Waals surface area contributed by atoms with E-state index in [0.29, 0.717) is 6.61 Å². The van der Waals surface area contributed by atoms with Gasteiger partial charge in [-0.1, -0.05) is 13.8 Å². The molecule has 0 heterocycles. The molecule has 0 spiro atoms. The van der Waals surface area contributed by atoms with Gasteiger partial charge in [0.1, 0.15) is 0 Å². The molecule has 0 aliphatic heterocycles. The van der Waals surface area contributed by atoms with Gasteiger partial charge in [0.2, 0.25) is 0 Å². The van der Waals surface area contributed by atoms with Crippen LogP contribution in [0.1, 0.15) is 20.8 Å². The summed E-state index contributed by atoms with van der Waals surface area (Å²) >= 11 is 0. The molecule has 0 aromatic rings. The van der Waals surface area contributed by atoms with E-state index in [9.17, 15) is 4.79 Å². The first-order valence-corrected chi connectivity index (χ1v) is 2.61. The van der Waals surface area contributed by atoms with Gasteiger partial charge in [-0.25, -0.2) is 0 Å². The van der Waals surface area contributed by atoms with Crippen molar-refractivity contribution in [3.63, 3.8) is 0 Å². The van der Waals surface area contributed by atoms with Gasteiger partial charge in [0.15, 0.2) is 0 Å². The van der Waals surface area contributed by atoms with E-state index in [-0.39, 0.29) is 5.97 Å². The Kier molecular flexibility index (Phi) is 12.7. The van der Waals surface area contributed by atoms with Crippen molar-refractivity contribution >= 4 is 5.97 Å². The first-order valence-electron chi connectivity index (χ1n) is 2.61. The average Bonchev–Trinajstić information content (AvgIpc) is 1.72. The van der Waals surface area contributed by atoms with Gasteiger partial charge in [0, 0.05) is 6.92 Å². The van der Waals surface area contributed by atoms with E-state index in [1.54, 1.807) is 13.8 Å². The van der Waals surface area contributed by atoms with E-state index >= 15 is 0 Å². The molecule has 0 aliphatic carbocycles. The van der Waals surface area contributed by atoms with E-state index < -0.39 is 0 Å². The summed E-state index contributed by atoms with van der Waals surface area (Å²) in [6.45, 7) is 8.65. The molecule has 49 valence electrons. The molecule has 0 saturated carbocycles. The molecule has 0 aliphatic rings. The van der Waals surface area contributed by atoms with Crippen LogP contribution in [0.3, 0.4) is 0 Å². The maximum Gasteiger partial charge on any atom is 0.302 e. The molecule has 0 bridgehead atoms. The Hall–Kier alpha value is -0.530. The van der Waals surface area contributed by atoms with Crippen molar-refractivity contribution in [2.24, 2.45) is 0 Å². The zero-order chi connectivity index (χ0) is 6.99. The van der Waals surface area contributed by atoms with Crippen LogP contribution in [0.4, 0.5) is 0 Å². The van der Waals surface area contributed by atoms with E-state index in [0.717, 1.165) is 0 Å². The first-order chi connectivity index (χ1) is 3.77. The lowest BCUT2D eigenvalue weighted by Gasteiger charge is -1.89. The fourth-order valence-electron chi connectivity index (χ4n) is 0.203. The van der Waals surface area contributed by atoms with Crippen LogP contribution in [0.25, 0.3) is 0 Å². The molecule has 2 nitrogen and oxygen atoms in total. The summed E-state index contributed by atoms with van der Waals surface area (Å²) in [6.07, 6.45) is 0. The zero-order valence-electron chi connectivity index (χ0n) is 5.73. The van der Waals surface area contributed by atoms with Crippen molar-refractivity contribution in [2.45, 2.75) is 20.8 Å². The SMILES string of the molecule is CCOC(C)=O.[CH2]C. The van der Waals surface area contributed by atoms with Crippen LogP contribution in [-0.4, -0.2) is 12.6 Å². The van der Waals surface area contributed by atoms with Crippen LogP contribution < -0.4 is 0 Å². The lowest BCUT2D eigenvalue weighted by atomic mass is 10.8. The Morgan fingerprint density at radius 3 is 2.00 bits per heavy atom.